The molecule has 0 unspecified atom stereocenters. The largest absolute Gasteiger partial charge is 0.375 e. The minimum atomic E-state index is -0.200. The molecular weight excluding hydrogens is 369 g/mol. The van der Waals surface area contributed by atoms with Crippen LogP contribution >= 0.6 is 23.2 Å². The Morgan fingerprint density at radius 3 is 3.04 bits per heavy atom. The zero-order valence-corrected chi connectivity index (χ0v) is 15.9. The highest BCUT2D eigenvalue weighted by Crippen LogP contribution is 2.52. The smallest absolute Gasteiger partial charge is 0.120 e. The second-order valence-corrected chi connectivity index (χ2v) is 8.08. The van der Waals surface area contributed by atoms with Gasteiger partial charge in [-0.15, -0.1) is 0 Å². The number of rotatable bonds is 2. The van der Waals surface area contributed by atoms with Crippen LogP contribution in [-0.4, -0.2) is 31.9 Å². The molecule has 26 heavy (non-hydrogen) atoms. The van der Waals surface area contributed by atoms with Gasteiger partial charge in [-0.25, -0.2) is 0 Å². The molecule has 0 aliphatic carbocycles. The number of para-hydroxylation sites is 1. The van der Waals surface area contributed by atoms with E-state index in [1.807, 2.05) is 12.1 Å². The first kappa shape index (κ1) is 16.7. The number of halogens is 2. The normalized spacial score (nSPS) is 26.8. The molecule has 0 radical (unpaired) electrons. The molecule has 6 heteroatoms. The van der Waals surface area contributed by atoms with Crippen LogP contribution in [0.15, 0.2) is 36.4 Å². The molecule has 3 aliphatic rings. The Morgan fingerprint density at radius 2 is 2.15 bits per heavy atom. The SMILES string of the molecule is Clc1ccc(N[C@]23CCNC[C@H]2c2cccc4c2N3CCOC4)c(Cl)c1. The van der Waals surface area contributed by atoms with E-state index in [4.69, 9.17) is 27.9 Å². The minimum absolute atomic E-state index is 0.200. The van der Waals surface area contributed by atoms with Gasteiger partial charge in [0, 0.05) is 41.7 Å². The van der Waals surface area contributed by atoms with E-state index in [1.54, 1.807) is 6.07 Å². The van der Waals surface area contributed by atoms with E-state index >= 15 is 0 Å². The summed E-state index contributed by atoms with van der Waals surface area (Å²) in [6, 6.07) is 12.3. The van der Waals surface area contributed by atoms with Gasteiger partial charge in [-0.2, -0.15) is 0 Å². The molecule has 136 valence electrons. The maximum Gasteiger partial charge on any atom is 0.120 e. The van der Waals surface area contributed by atoms with Gasteiger partial charge >= 0.3 is 0 Å². The molecule has 0 saturated carbocycles. The summed E-state index contributed by atoms with van der Waals surface area (Å²) in [4.78, 5) is 2.53. The maximum absolute atomic E-state index is 6.51. The Hall–Kier alpha value is -1.46. The third-order valence-corrected chi connectivity index (χ3v) is 6.43. The molecule has 4 nitrogen and oxygen atoms in total. The van der Waals surface area contributed by atoms with Gasteiger partial charge in [-0.1, -0.05) is 41.4 Å². The quantitative estimate of drug-likeness (QED) is 0.805. The van der Waals surface area contributed by atoms with Crippen LogP contribution < -0.4 is 15.5 Å². The molecule has 1 fully saturated rings. The second-order valence-electron chi connectivity index (χ2n) is 7.24. The van der Waals surface area contributed by atoms with Crippen molar-refractivity contribution >= 4 is 34.6 Å². The van der Waals surface area contributed by atoms with Gasteiger partial charge in [0.15, 0.2) is 0 Å². The third kappa shape index (κ3) is 2.43. The Bertz CT molecular complexity index is 859. The number of hydrogen-bond donors (Lipinski definition) is 2. The third-order valence-electron chi connectivity index (χ3n) is 5.88. The first-order valence-electron chi connectivity index (χ1n) is 9.10. The van der Waals surface area contributed by atoms with Crippen molar-refractivity contribution in [3.8, 4) is 0 Å². The Morgan fingerprint density at radius 1 is 1.23 bits per heavy atom. The number of fused-ring (bicyclic) bond motifs is 3. The van der Waals surface area contributed by atoms with Gasteiger partial charge in [0.05, 0.1) is 23.9 Å². The molecule has 3 aliphatic heterocycles. The molecular formula is C20H21Cl2N3O. The zero-order valence-electron chi connectivity index (χ0n) is 14.4. The lowest BCUT2D eigenvalue weighted by atomic mass is 9.83. The number of nitrogens with one attached hydrogen (secondary N) is 2. The van der Waals surface area contributed by atoms with Gasteiger partial charge in [-0.05, 0) is 30.3 Å². The monoisotopic (exact) mass is 389 g/mol. The van der Waals surface area contributed by atoms with Crippen LogP contribution in [0, 0.1) is 0 Å². The molecule has 0 aromatic heterocycles. The highest BCUT2D eigenvalue weighted by molar-refractivity contribution is 6.36. The van der Waals surface area contributed by atoms with Crippen LogP contribution in [0.5, 0.6) is 0 Å². The first-order chi connectivity index (χ1) is 12.7. The average molecular weight is 390 g/mol. The van der Waals surface area contributed by atoms with E-state index < -0.39 is 0 Å². The number of piperidine rings is 1. The van der Waals surface area contributed by atoms with Crippen molar-refractivity contribution in [3.05, 3.63) is 57.6 Å². The van der Waals surface area contributed by atoms with Crippen molar-refractivity contribution in [1.82, 2.24) is 5.32 Å². The van der Waals surface area contributed by atoms with Crippen LogP contribution in [0.3, 0.4) is 0 Å². The standard InChI is InChI=1S/C20H21Cl2N3O/c21-14-4-5-18(17(22)10-14)24-20-6-7-23-11-16(20)15-3-1-2-13-12-26-9-8-25(20)19(13)15/h1-5,10,16,23-24H,6-9,11-12H2/t16-,20-/m0/s1. The molecule has 2 aromatic rings. The Labute approximate surface area is 163 Å². The molecule has 2 atom stereocenters. The van der Waals surface area contributed by atoms with Crippen LogP contribution in [0.1, 0.15) is 23.5 Å². The molecule has 0 amide bonds. The summed E-state index contributed by atoms with van der Waals surface area (Å²) < 4.78 is 5.87. The lowest BCUT2D eigenvalue weighted by molar-refractivity contribution is 0.128. The van der Waals surface area contributed by atoms with Gasteiger partial charge in [0.25, 0.3) is 0 Å². The highest BCUT2D eigenvalue weighted by Gasteiger charge is 2.53. The number of hydrogen-bond acceptors (Lipinski definition) is 4. The minimum Gasteiger partial charge on any atom is -0.375 e. The fraction of sp³-hybridized carbons (Fsp3) is 0.400. The summed E-state index contributed by atoms with van der Waals surface area (Å²) in [5.41, 5.74) is 4.75. The topological polar surface area (TPSA) is 36.5 Å². The Balaban J connectivity index is 1.65. The molecule has 2 aromatic carbocycles. The second kappa shape index (κ2) is 6.31. The molecule has 3 heterocycles. The van der Waals surface area contributed by atoms with Gasteiger partial charge in [0.1, 0.15) is 5.66 Å². The van der Waals surface area contributed by atoms with Crippen molar-refractivity contribution in [2.45, 2.75) is 24.6 Å². The van der Waals surface area contributed by atoms with Crippen LogP contribution in [0.4, 0.5) is 11.4 Å². The van der Waals surface area contributed by atoms with Crippen molar-refractivity contribution in [2.75, 3.05) is 36.5 Å². The fourth-order valence-corrected chi connectivity index (χ4v) is 5.24. The van der Waals surface area contributed by atoms with Gasteiger partial charge < -0.3 is 20.3 Å². The van der Waals surface area contributed by atoms with Crippen molar-refractivity contribution < 1.29 is 4.74 Å². The lowest BCUT2D eigenvalue weighted by Gasteiger charge is -2.48. The van der Waals surface area contributed by atoms with Gasteiger partial charge in [-0.3, -0.25) is 0 Å². The van der Waals surface area contributed by atoms with Crippen LogP contribution in [-0.2, 0) is 11.3 Å². The predicted molar refractivity (Wildman–Crippen MR) is 106 cm³/mol. The van der Waals surface area contributed by atoms with E-state index in [0.29, 0.717) is 22.6 Å². The lowest BCUT2D eigenvalue weighted by Crippen LogP contribution is -2.61. The zero-order chi connectivity index (χ0) is 17.7. The maximum atomic E-state index is 6.51. The summed E-state index contributed by atoms with van der Waals surface area (Å²) >= 11 is 12.6. The summed E-state index contributed by atoms with van der Waals surface area (Å²) in [6.07, 6.45) is 0.991. The summed E-state index contributed by atoms with van der Waals surface area (Å²) in [5.74, 6) is 0.357. The van der Waals surface area contributed by atoms with Crippen LogP contribution in [0.25, 0.3) is 0 Å². The fourth-order valence-electron chi connectivity index (χ4n) is 4.79. The number of benzene rings is 2. The van der Waals surface area contributed by atoms with E-state index in [9.17, 15) is 0 Å². The predicted octanol–water partition coefficient (Wildman–Crippen LogP) is 4.23. The molecule has 2 N–H and O–H groups in total. The Kier molecular flexibility index (Phi) is 4.05. The molecule has 1 saturated heterocycles. The molecule has 5 rings (SSSR count). The number of ether oxygens (including phenoxy) is 1. The summed E-state index contributed by atoms with van der Waals surface area (Å²) in [7, 11) is 0. The van der Waals surface area contributed by atoms with Crippen molar-refractivity contribution in [1.29, 1.82) is 0 Å². The van der Waals surface area contributed by atoms with Crippen LogP contribution in [0.2, 0.25) is 10.0 Å². The van der Waals surface area contributed by atoms with E-state index in [-0.39, 0.29) is 5.66 Å². The first-order valence-corrected chi connectivity index (χ1v) is 9.86. The van der Waals surface area contributed by atoms with E-state index in [0.717, 1.165) is 38.3 Å². The van der Waals surface area contributed by atoms with Gasteiger partial charge in [0.2, 0.25) is 0 Å². The summed E-state index contributed by atoms with van der Waals surface area (Å²) in [6.45, 7) is 4.20. The number of nitrogens with zero attached hydrogens (tertiary/aromatic N) is 1. The summed E-state index contributed by atoms with van der Waals surface area (Å²) in [5, 5.41) is 8.72. The van der Waals surface area contributed by atoms with Crippen molar-refractivity contribution in [3.63, 3.8) is 0 Å². The average Bonchev–Trinajstić information content (AvgIpc) is 2.77. The molecule has 0 spiro atoms. The molecule has 0 bridgehead atoms. The number of anilines is 2. The van der Waals surface area contributed by atoms with Crippen molar-refractivity contribution in [2.24, 2.45) is 0 Å². The van der Waals surface area contributed by atoms with E-state index in [2.05, 4.69) is 33.7 Å². The highest BCUT2D eigenvalue weighted by atomic mass is 35.5. The van der Waals surface area contributed by atoms with E-state index in [1.165, 1.54) is 16.8 Å².